The summed E-state index contributed by atoms with van der Waals surface area (Å²) in [6.07, 6.45) is 16.3. The number of thioether (sulfide) groups is 1. The van der Waals surface area contributed by atoms with Crippen LogP contribution in [0.25, 0.3) is 11.3 Å². The molecule has 32 heavy (non-hydrogen) atoms. The van der Waals surface area contributed by atoms with Gasteiger partial charge >= 0.3 is 0 Å². The summed E-state index contributed by atoms with van der Waals surface area (Å²) >= 11 is 5.81. The summed E-state index contributed by atoms with van der Waals surface area (Å²) in [6.45, 7) is 6.71. The lowest BCUT2D eigenvalue weighted by atomic mass is 9.96. The molecule has 1 N–H and O–H groups in total. The molecule has 0 spiro atoms. The Labute approximate surface area is 212 Å². The number of rotatable bonds is 10. The van der Waals surface area contributed by atoms with E-state index in [-0.39, 0.29) is 5.50 Å². The molecule has 4 heterocycles. The molecule has 0 saturated heterocycles. The predicted molar refractivity (Wildman–Crippen MR) is 148 cm³/mol. The zero-order chi connectivity index (χ0) is 22.7. The first-order chi connectivity index (χ1) is 15.5. The van der Waals surface area contributed by atoms with Gasteiger partial charge in [0.2, 0.25) is 0 Å². The van der Waals surface area contributed by atoms with Crippen molar-refractivity contribution in [2.45, 2.75) is 56.6 Å². The number of allylic oxidation sites excluding steroid dienone is 1. The Kier molecular flexibility index (Phi) is 8.18. The fourth-order valence-electron chi connectivity index (χ4n) is 3.61. The van der Waals surface area contributed by atoms with Crippen molar-refractivity contribution in [3.63, 3.8) is 0 Å². The van der Waals surface area contributed by atoms with E-state index in [2.05, 4.69) is 93.1 Å². The second-order valence-electron chi connectivity index (χ2n) is 8.03. The summed E-state index contributed by atoms with van der Waals surface area (Å²) in [4.78, 5) is 11.9. The third-order valence-electron chi connectivity index (χ3n) is 5.76. The number of imidazole rings is 1. The van der Waals surface area contributed by atoms with Crippen molar-refractivity contribution < 1.29 is 0 Å². The van der Waals surface area contributed by atoms with Crippen LogP contribution in [-0.4, -0.2) is 37.2 Å². The molecule has 1 aliphatic rings. The first kappa shape index (κ1) is 24.0. The number of nitrogens with zero attached hydrogens (tertiary/aromatic N) is 6. The Bertz CT molecular complexity index is 1040. The maximum atomic E-state index is 4.98. The van der Waals surface area contributed by atoms with Gasteiger partial charge in [0.25, 0.3) is 0 Å². The van der Waals surface area contributed by atoms with Crippen LogP contribution in [-0.2, 0) is 0 Å². The molecule has 3 unspecified atom stereocenters. The fourth-order valence-corrected chi connectivity index (χ4v) is 6.94. The first-order valence-corrected chi connectivity index (χ1v) is 16.5. The number of anilines is 2. The minimum Gasteiger partial charge on any atom is -0.348 e. The molecule has 11 heteroatoms. The van der Waals surface area contributed by atoms with Gasteiger partial charge in [-0.25, -0.2) is 14.4 Å². The van der Waals surface area contributed by atoms with Crippen molar-refractivity contribution in [2.24, 2.45) is 5.92 Å². The molecule has 0 radical (unpaired) electrons. The standard InChI is InChI=1S/C21H29IN7PS2/c1-5-7-8-16(9-14(3)6-2)27(4)20-25-18-19(31-20)26-21(32-18)28-12-17(23-13-28)15-10-24-29(11-15)30-22/h5,7,10-14,16,21,26,30H,6,8-9H2,1-4H3/b7-5-/t14-,16?,21?/m1/s1. The lowest BCUT2D eigenvalue weighted by Gasteiger charge is -2.29. The van der Waals surface area contributed by atoms with Crippen LogP contribution in [0.5, 0.6) is 0 Å². The van der Waals surface area contributed by atoms with Gasteiger partial charge in [-0.1, -0.05) is 55.5 Å². The van der Waals surface area contributed by atoms with Crippen LogP contribution in [0.4, 0.5) is 10.1 Å². The zero-order valence-electron chi connectivity index (χ0n) is 18.7. The SMILES string of the molecule is C/C=C\CC(C[C@H](C)CC)N(C)c1nc2c(s1)NC(n1cnc(-c3cnn(PI)c3)c1)S2. The second-order valence-corrected chi connectivity index (χ2v) is 12.1. The van der Waals surface area contributed by atoms with Crippen LogP contribution >= 0.6 is 51.5 Å². The van der Waals surface area contributed by atoms with Gasteiger partial charge in [0, 0.05) is 31.0 Å². The van der Waals surface area contributed by atoms with Crippen LogP contribution < -0.4 is 10.2 Å². The Balaban J connectivity index is 1.44. The van der Waals surface area contributed by atoms with Crippen molar-refractivity contribution in [1.82, 2.24) is 24.1 Å². The van der Waals surface area contributed by atoms with Crippen LogP contribution in [0.15, 0.2) is 42.1 Å². The molecule has 0 aromatic carbocycles. The molecule has 7 nitrogen and oxygen atoms in total. The highest BCUT2D eigenvalue weighted by atomic mass is 127. The van der Waals surface area contributed by atoms with E-state index in [1.807, 2.05) is 23.2 Å². The number of nitrogens with one attached hydrogen (secondary N) is 1. The topological polar surface area (TPSA) is 63.8 Å². The van der Waals surface area contributed by atoms with Gasteiger partial charge in [-0.05, 0) is 47.7 Å². The molecule has 0 aliphatic carbocycles. The number of halogens is 1. The molecule has 4 atom stereocenters. The van der Waals surface area contributed by atoms with E-state index in [0.29, 0.717) is 18.3 Å². The smallest absolute Gasteiger partial charge is 0.188 e. The quantitative estimate of drug-likeness (QED) is 0.155. The molecular weight excluding hydrogens is 572 g/mol. The van der Waals surface area contributed by atoms with Crippen LogP contribution in [0.2, 0.25) is 0 Å². The fraction of sp³-hybridized carbons (Fsp3) is 0.476. The molecule has 4 rings (SSSR count). The summed E-state index contributed by atoms with van der Waals surface area (Å²) in [7, 11) is 2.19. The average molecular weight is 602 g/mol. The lowest BCUT2D eigenvalue weighted by Crippen LogP contribution is -2.32. The molecule has 3 aromatic rings. The van der Waals surface area contributed by atoms with Gasteiger partial charge in [0.1, 0.15) is 10.0 Å². The number of fused-ring (bicyclic) bond motifs is 1. The summed E-state index contributed by atoms with van der Waals surface area (Å²) in [5, 5.41) is 11.3. The van der Waals surface area contributed by atoms with Gasteiger partial charge in [-0.2, -0.15) is 5.10 Å². The Morgan fingerprint density at radius 2 is 2.25 bits per heavy atom. The molecule has 1 aliphatic heterocycles. The van der Waals surface area contributed by atoms with Crippen molar-refractivity contribution >= 4 is 61.6 Å². The van der Waals surface area contributed by atoms with E-state index < -0.39 is 0 Å². The summed E-state index contributed by atoms with van der Waals surface area (Å²) in [6, 6.07) is 0.466. The van der Waals surface area contributed by atoms with Gasteiger partial charge in [0.15, 0.2) is 10.6 Å². The van der Waals surface area contributed by atoms with Gasteiger partial charge < -0.3 is 14.8 Å². The maximum absolute atomic E-state index is 4.98. The van der Waals surface area contributed by atoms with E-state index in [1.54, 1.807) is 23.1 Å². The second kappa shape index (κ2) is 10.9. The van der Waals surface area contributed by atoms with E-state index >= 15 is 0 Å². The summed E-state index contributed by atoms with van der Waals surface area (Å²) < 4.78 is 4.04. The monoisotopic (exact) mass is 601 g/mol. The molecule has 0 amide bonds. The van der Waals surface area contributed by atoms with E-state index in [0.717, 1.165) is 32.8 Å². The summed E-state index contributed by atoms with van der Waals surface area (Å²) in [5.41, 5.74) is 2.06. The van der Waals surface area contributed by atoms with Crippen molar-refractivity contribution in [1.29, 1.82) is 0 Å². The van der Waals surface area contributed by atoms with Crippen LogP contribution in [0, 0.1) is 5.92 Å². The third kappa shape index (κ3) is 5.34. The maximum Gasteiger partial charge on any atom is 0.188 e. The highest BCUT2D eigenvalue weighted by Crippen LogP contribution is 2.49. The Morgan fingerprint density at radius 3 is 2.94 bits per heavy atom. The molecular formula is C21H29IN7PS2. The predicted octanol–water partition coefficient (Wildman–Crippen LogP) is 6.88. The van der Waals surface area contributed by atoms with Crippen LogP contribution in [0.3, 0.4) is 0 Å². The van der Waals surface area contributed by atoms with Crippen molar-refractivity contribution in [2.75, 3.05) is 17.3 Å². The average Bonchev–Trinajstić information content (AvgIpc) is 3.57. The first-order valence-electron chi connectivity index (χ1n) is 10.8. The van der Waals surface area contributed by atoms with Gasteiger partial charge in [-0.3, -0.25) is 0 Å². The molecule has 0 bridgehead atoms. The highest BCUT2D eigenvalue weighted by molar-refractivity contribution is 14.2. The van der Waals surface area contributed by atoms with Crippen molar-refractivity contribution in [3.05, 3.63) is 37.1 Å². The van der Waals surface area contributed by atoms with Gasteiger partial charge in [0.05, 0.1) is 24.6 Å². The zero-order valence-corrected chi connectivity index (χ0v) is 23.5. The number of aromatic nitrogens is 5. The minimum absolute atomic E-state index is 0.0739. The Hall–Kier alpha value is -1.10. The van der Waals surface area contributed by atoms with E-state index in [1.165, 1.54) is 12.8 Å². The number of hydrogen-bond acceptors (Lipinski definition) is 7. The van der Waals surface area contributed by atoms with E-state index in [4.69, 9.17) is 4.98 Å². The minimum atomic E-state index is 0.0739. The number of hydrogen-bond donors (Lipinski definition) is 1. The lowest BCUT2D eigenvalue weighted by molar-refractivity contribution is 0.442. The highest BCUT2D eigenvalue weighted by Gasteiger charge is 2.29. The molecule has 3 aromatic heterocycles. The molecule has 0 fully saturated rings. The summed E-state index contributed by atoms with van der Waals surface area (Å²) in [5.74, 6) is 0.705. The molecule has 0 saturated carbocycles. The third-order valence-corrected chi connectivity index (χ3v) is 9.97. The Morgan fingerprint density at radius 1 is 1.41 bits per heavy atom. The number of thiazole rings is 1. The normalized spacial score (nSPS) is 17.8. The van der Waals surface area contributed by atoms with Crippen molar-refractivity contribution in [3.8, 4) is 11.3 Å². The van der Waals surface area contributed by atoms with Crippen LogP contribution in [0.1, 0.15) is 45.5 Å². The molecule has 172 valence electrons. The largest absolute Gasteiger partial charge is 0.348 e. The van der Waals surface area contributed by atoms with Gasteiger partial charge in [-0.15, -0.1) is 0 Å². The van der Waals surface area contributed by atoms with E-state index in [9.17, 15) is 0 Å².